The molecule has 1 atom stereocenters. The number of ether oxygens (including phenoxy) is 1. The highest BCUT2D eigenvalue weighted by Crippen LogP contribution is 2.29. The van der Waals surface area contributed by atoms with E-state index in [2.05, 4.69) is 32.2 Å². The van der Waals surface area contributed by atoms with E-state index in [9.17, 15) is 4.79 Å². The first kappa shape index (κ1) is 20.7. The van der Waals surface area contributed by atoms with Gasteiger partial charge < -0.3 is 25.6 Å². The van der Waals surface area contributed by atoms with Crippen molar-refractivity contribution in [3.05, 3.63) is 30.0 Å². The van der Waals surface area contributed by atoms with Gasteiger partial charge >= 0.3 is 6.03 Å². The highest BCUT2D eigenvalue weighted by Gasteiger charge is 2.31. The summed E-state index contributed by atoms with van der Waals surface area (Å²) in [6.07, 6.45) is 2.62. The predicted molar refractivity (Wildman–Crippen MR) is 120 cm³/mol. The number of hydrogen-bond donors (Lipinski definition) is 2. The number of aryl methyl sites for hydroxylation is 2. The Morgan fingerprint density at radius 2 is 2.13 bits per heavy atom. The highest BCUT2D eigenvalue weighted by molar-refractivity contribution is 5.91. The zero-order chi connectivity index (χ0) is 22.1. The van der Waals surface area contributed by atoms with Crippen molar-refractivity contribution < 1.29 is 9.53 Å². The number of nitrogens with one attached hydrogen (secondary N) is 1. The summed E-state index contributed by atoms with van der Waals surface area (Å²) in [5.74, 6) is 1.76. The van der Waals surface area contributed by atoms with Crippen LogP contribution in [0.15, 0.2) is 24.4 Å². The normalized spacial score (nSPS) is 16.6. The van der Waals surface area contributed by atoms with Crippen LogP contribution in [0.5, 0.6) is 5.75 Å². The first-order valence-corrected chi connectivity index (χ1v) is 10.3. The molecule has 2 aromatic heterocycles. The molecule has 3 aromatic rings. The molecule has 2 amide bonds. The molecule has 1 fully saturated rings. The van der Waals surface area contributed by atoms with Gasteiger partial charge in [-0.3, -0.25) is 4.68 Å². The quantitative estimate of drug-likeness (QED) is 0.661. The summed E-state index contributed by atoms with van der Waals surface area (Å²) >= 11 is 0. The van der Waals surface area contributed by atoms with Crippen molar-refractivity contribution in [2.45, 2.75) is 26.3 Å². The van der Waals surface area contributed by atoms with E-state index in [1.54, 1.807) is 18.0 Å². The molecule has 164 valence electrons. The number of fused-ring (bicyclic) bond motifs is 1. The van der Waals surface area contributed by atoms with Gasteiger partial charge in [-0.05, 0) is 37.1 Å². The van der Waals surface area contributed by atoms with Crippen LogP contribution in [-0.4, -0.2) is 63.5 Å². The third-order valence-electron chi connectivity index (χ3n) is 5.78. The van der Waals surface area contributed by atoms with Crippen molar-refractivity contribution in [3.8, 4) is 5.75 Å². The van der Waals surface area contributed by atoms with Gasteiger partial charge in [0.25, 0.3) is 0 Å². The largest absolute Gasteiger partial charge is 0.497 e. The zero-order valence-corrected chi connectivity index (χ0v) is 18.3. The van der Waals surface area contributed by atoms with Crippen LogP contribution in [0.3, 0.4) is 0 Å². The topological polar surface area (TPSA) is 114 Å². The monoisotopic (exact) mass is 424 g/mol. The number of methoxy groups -OCH3 is 1. The summed E-state index contributed by atoms with van der Waals surface area (Å²) in [5.41, 5.74) is 8.40. The Labute approximate surface area is 181 Å². The van der Waals surface area contributed by atoms with E-state index in [1.807, 2.05) is 37.1 Å². The van der Waals surface area contributed by atoms with E-state index in [1.165, 1.54) is 0 Å². The van der Waals surface area contributed by atoms with Gasteiger partial charge in [0.2, 0.25) is 5.95 Å². The number of amides is 2. The van der Waals surface area contributed by atoms with E-state index in [0.717, 1.165) is 34.6 Å². The van der Waals surface area contributed by atoms with Crippen molar-refractivity contribution in [1.82, 2.24) is 24.6 Å². The molecule has 1 aliphatic rings. The molecule has 31 heavy (non-hydrogen) atoms. The standard InChI is InChI=1S/C21H28N8O2/c1-5-14-12-28(21(30)24-17-7-6-15(31-4)10-13(17)2)8-9-29(14)19-16-11-23-27(3)18(16)25-20(22)26-19/h6-7,10-11,14H,5,8-9,12H2,1-4H3,(H,24,30)(H2,22,25,26)/t14-/m0/s1. The molecule has 3 N–H and O–H groups in total. The average Bonchev–Trinajstić information content (AvgIpc) is 3.14. The minimum absolute atomic E-state index is 0.106. The SMILES string of the molecule is CC[C@H]1CN(C(=O)Nc2ccc(OC)cc2C)CCN1c1nc(N)nc2c1cnn2C. The molecule has 4 rings (SSSR count). The average molecular weight is 425 g/mol. The van der Waals surface area contributed by atoms with Crippen molar-refractivity contribution in [3.63, 3.8) is 0 Å². The zero-order valence-electron chi connectivity index (χ0n) is 18.3. The Balaban J connectivity index is 1.52. The number of nitrogens with two attached hydrogens (primary N) is 1. The molecule has 1 aliphatic heterocycles. The summed E-state index contributed by atoms with van der Waals surface area (Å²) in [6, 6.07) is 5.60. The smallest absolute Gasteiger partial charge is 0.321 e. The lowest BCUT2D eigenvalue weighted by Gasteiger charge is -2.42. The molecule has 0 aliphatic carbocycles. The van der Waals surface area contributed by atoms with Crippen LogP contribution >= 0.6 is 0 Å². The summed E-state index contributed by atoms with van der Waals surface area (Å²) in [6.45, 7) is 5.86. The fourth-order valence-corrected chi connectivity index (χ4v) is 4.01. The Morgan fingerprint density at radius 3 is 2.84 bits per heavy atom. The Hall–Kier alpha value is -3.56. The van der Waals surface area contributed by atoms with Crippen LogP contribution in [0.4, 0.5) is 22.2 Å². The van der Waals surface area contributed by atoms with Gasteiger partial charge in [0.1, 0.15) is 11.6 Å². The van der Waals surface area contributed by atoms with Gasteiger partial charge in [0.05, 0.1) is 18.7 Å². The Bertz CT molecular complexity index is 1110. The van der Waals surface area contributed by atoms with Gasteiger partial charge in [-0.25, -0.2) is 4.79 Å². The van der Waals surface area contributed by atoms with E-state index < -0.39 is 0 Å². The summed E-state index contributed by atoms with van der Waals surface area (Å²) < 4.78 is 6.93. The van der Waals surface area contributed by atoms with Crippen molar-refractivity contribution >= 4 is 34.5 Å². The van der Waals surface area contributed by atoms with E-state index in [4.69, 9.17) is 10.5 Å². The van der Waals surface area contributed by atoms with E-state index in [-0.39, 0.29) is 18.0 Å². The molecule has 0 spiro atoms. The molecule has 0 radical (unpaired) electrons. The van der Waals surface area contributed by atoms with Crippen LogP contribution in [0, 0.1) is 6.92 Å². The maximum atomic E-state index is 13.0. The lowest BCUT2D eigenvalue weighted by Crippen LogP contribution is -2.56. The first-order chi connectivity index (χ1) is 14.9. The number of benzene rings is 1. The van der Waals surface area contributed by atoms with Gasteiger partial charge in [-0.1, -0.05) is 6.92 Å². The first-order valence-electron chi connectivity index (χ1n) is 10.3. The van der Waals surface area contributed by atoms with Crippen LogP contribution in [0.1, 0.15) is 18.9 Å². The molecule has 0 unspecified atom stereocenters. The number of urea groups is 1. The number of nitrogens with zero attached hydrogens (tertiary/aromatic N) is 6. The van der Waals surface area contributed by atoms with Gasteiger partial charge in [0, 0.05) is 38.4 Å². The Kier molecular flexibility index (Phi) is 5.53. The van der Waals surface area contributed by atoms with Crippen molar-refractivity contribution in [2.24, 2.45) is 7.05 Å². The fourth-order valence-electron chi connectivity index (χ4n) is 4.01. The van der Waals surface area contributed by atoms with Gasteiger partial charge in [-0.15, -0.1) is 0 Å². The van der Waals surface area contributed by atoms with Crippen LogP contribution in [-0.2, 0) is 7.05 Å². The van der Waals surface area contributed by atoms with Crippen LogP contribution < -0.4 is 20.7 Å². The molecular formula is C21H28N8O2. The summed E-state index contributed by atoms with van der Waals surface area (Å²) in [4.78, 5) is 25.8. The second-order valence-electron chi connectivity index (χ2n) is 7.72. The number of hydrogen-bond acceptors (Lipinski definition) is 7. The van der Waals surface area contributed by atoms with E-state index >= 15 is 0 Å². The number of carbonyl (C=O) groups is 1. The lowest BCUT2D eigenvalue weighted by molar-refractivity contribution is 0.197. The molecular weight excluding hydrogens is 396 g/mol. The number of aromatic nitrogens is 4. The van der Waals surface area contributed by atoms with Gasteiger partial charge in [0.15, 0.2) is 5.65 Å². The third-order valence-corrected chi connectivity index (χ3v) is 5.78. The molecule has 1 aromatic carbocycles. The molecule has 10 heteroatoms. The number of rotatable bonds is 4. The van der Waals surface area contributed by atoms with Crippen molar-refractivity contribution in [2.75, 3.05) is 42.7 Å². The van der Waals surface area contributed by atoms with Crippen LogP contribution in [0.25, 0.3) is 11.0 Å². The third kappa shape index (κ3) is 3.92. The molecule has 0 saturated carbocycles. The van der Waals surface area contributed by atoms with Gasteiger partial charge in [-0.2, -0.15) is 15.1 Å². The molecule has 1 saturated heterocycles. The summed E-state index contributed by atoms with van der Waals surface area (Å²) in [7, 11) is 3.46. The van der Waals surface area contributed by atoms with Crippen LogP contribution in [0.2, 0.25) is 0 Å². The Morgan fingerprint density at radius 1 is 1.32 bits per heavy atom. The highest BCUT2D eigenvalue weighted by atomic mass is 16.5. The number of anilines is 3. The predicted octanol–water partition coefficient (Wildman–Crippen LogP) is 2.40. The number of piperazine rings is 1. The molecule has 10 nitrogen and oxygen atoms in total. The van der Waals surface area contributed by atoms with Crippen molar-refractivity contribution in [1.29, 1.82) is 0 Å². The second kappa shape index (κ2) is 8.29. The molecule has 0 bridgehead atoms. The number of nitrogen functional groups attached to an aromatic ring is 1. The fraction of sp³-hybridized carbons (Fsp3) is 0.429. The molecule has 3 heterocycles. The number of carbonyl (C=O) groups excluding carboxylic acids is 1. The van der Waals surface area contributed by atoms with E-state index in [0.29, 0.717) is 25.3 Å². The minimum Gasteiger partial charge on any atom is -0.497 e. The minimum atomic E-state index is -0.111. The second-order valence-corrected chi connectivity index (χ2v) is 7.72. The maximum Gasteiger partial charge on any atom is 0.321 e. The summed E-state index contributed by atoms with van der Waals surface area (Å²) in [5, 5.41) is 8.19. The maximum absolute atomic E-state index is 13.0. The lowest BCUT2D eigenvalue weighted by atomic mass is 10.1.